The van der Waals surface area contributed by atoms with Crippen LogP contribution >= 0.6 is 0 Å². The second-order valence-electron chi connectivity index (χ2n) is 4.73. The third-order valence-electron chi connectivity index (χ3n) is 3.16. The van der Waals surface area contributed by atoms with Crippen LogP contribution in [0.5, 0.6) is 0 Å². The lowest BCUT2D eigenvalue weighted by atomic mass is 10.2. The Morgan fingerprint density at radius 1 is 1.04 bits per heavy atom. The van der Waals surface area contributed by atoms with Gasteiger partial charge in [-0.3, -0.25) is 9.59 Å². The van der Waals surface area contributed by atoms with Gasteiger partial charge < -0.3 is 10.1 Å². The molecule has 0 aliphatic rings. The van der Waals surface area contributed by atoms with Gasteiger partial charge in [-0.1, -0.05) is 30.3 Å². The highest BCUT2D eigenvalue weighted by Gasteiger charge is 2.18. The van der Waals surface area contributed by atoms with Crippen molar-refractivity contribution in [1.82, 2.24) is 5.32 Å². The van der Waals surface area contributed by atoms with Crippen LogP contribution in [0.1, 0.15) is 22.8 Å². The van der Waals surface area contributed by atoms with Crippen molar-refractivity contribution < 1.29 is 18.5 Å². The summed E-state index contributed by atoms with van der Waals surface area (Å²) >= 11 is 0. The molecular weight excluding hydrogens is 314 g/mol. The Morgan fingerprint density at radius 2 is 1.65 bits per heavy atom. The zero-order chi connectivity index (χ0) is 16.8. The van der Waals surface area contributed by atoms with Crippen LogP contribution in [0.3, 0.4) is 0 Å². The van der Waals surface area contributed by atoms with E-state index in [1.165, 1.54) is 14.0 Å². The van der Waals surface area contributed by atoms with Crippen molar-refractivity contribution in [2.45, 2.75) is 23.3 Å². The fourth-order valence-electron chi connectivity index (χ4n) is 2.05. The number of rotatable bonds is 5. The second kappa shape index (κ2) is 7.69. The van der Waals surface area contributed by atoms with Gasteiger partial charge in [0, 0.05) is 19.5 Å². The number of ether oxygens (including phenoxy) is 1. The average molecular weight is 331 g/mol. The lowest BCUT2D eigenvalue weighted by Gasteiger charge is -2.12. The fourth-order valence-corrected chi connectivity index (χ4v) is 3.42. The molecule has 120 valence electrons. The molecule has 5 nitrogen and oxygen atoms in total. The molecule has 2 aromatic rings. The van der Waals surface area contributed by atoms with Gasteiger partial charge >= 0.3 is 5.97 Å². The van der Waals surface area contributed by atoms with Gasteiger partial charge in [-0.2, -0.15) is 0 Å². The first kappa shape index (κ1) is 16.9. The van der Waals surface area contributed by atoms with E-state index in [0.29, 0.717) is 20.9 Å². The molecule has 1 amide bonds. The zero-order valence-electron chi connectivity index (χ0n) is 12.9. The van der Waals surface area contributed by atoms with Crippen LogP contribution < -0.4 is 5.32 Å². The van der Waals surface area contributed by atoms with Gasteiger partial charge in [-0.05, 0) is 18.2 Å². The molecule has 0 fully saturated rings. The summed E-state index contributed by atoms with van der Waals surface area (Å²) in [5.74, 6) is -0.706. The molecule has 1 N–H and O–H groups in total. The maximum Gasteiger partial charge on any atom is 0.302 e. The summed E-state index contributed by atoms with van der Waals surface area (Å²) in [5, 5.41) is 2.54. The monoisotopic (exact) mass is 331 g/mol. The molecule has 0 bridgehead atoms. The molecule has 23 heavy (non-hydrogen) atoms. The Hall–Kier alpha value is -2.47. The van der Waals surface area contributed by atoms with Crippen LogP contribution in [-0.4, -0.2) is 23.1 Å². The summed E-state index contributed by atoms with van der Waals surface area (Å²) in [4.78, 5) is 23.9. The Morgan fingerprint density at radius 3 is 2.30 bits per heavy atom. The van der Waals surface area contributed by atoms with Crippen molar-refractivity contribution in [3.63, 3.8) is 0 Å². The van der Waals surface area contributed by atoms with Crippen LogP contribution in [0.15, 0.2) is 58.3 Å². The Balaban J connectivity index is 2.42. The van der Waals surface area contributed by atoms with E-state index in [-0.39, 0.29) is 12.5 Å². The standard InChI is InChI=1S/C17H17NO4S/c1-12(19)22-11-13-7-3-5-9-15(13)23(21)16-10-6-4-8-14(16)17(20)18-2/h3-10H,11H2,1-2H3,(H,18,20)/t23-/m0/s1. The number of hydrogen-bond acceptors (Lipinski definition) is 4. The largest absolute Gasteiger partial charge is 0.461 e. The Bertz CT molecular complexity index is 758. The highest BCUT2D eigenvalue weighted by molar-refractivity contribution is 7.85. The van der Waals surface area contributed by atoms with E-state index in [1.54, 1.807) is 48.5 Å². The number of carbonyl (C=O) groups is 2. The molecule has 0 aromatic heterocycles. The van der Waals surface area contributed by atoms with Crippen LogP contribution in [-0.2, 0) is 26.9 Å². The summed E-state index contributed by atoms with van der Waals surface area (Å²) in [5.41, 5.74) is 1.00. The molecule has 0 spiro atoms. The van der Waals surface area contributed by atoms with Crippen molar-refractivity contribution in [2.75, 3.05) is 7.05 Å². The minimum Gasteiger partial charge on any atom is -0.461 e. The zero-order valence-corrected chi connectivity index (χ0v) is 13.7. The van der Waals surface area contributed by atoms with E-state index < -0.39 is 16.8 Å². The van der Waals surface area contributed by atoms with Crippen molar-refractivity contribution >= 4 is 22.7 Å². The minimum atomic E-state index is -1.56. The average Bonchev–Trinajstić information content (AvgIpc) is 2.58. The molecule has 0 radical (unpaired) electrons. The van der Waals surface area contributed by atoms with Gasteiger partial charge in [0.1, 0.15) is 6.61 Å². The lowest BCUT2D eigenvalue weighted by Crippen LogP contribution is -2.20. The van der Waals surface area contributed by atoms with Gasteiger partial charge in [-0.25, -0.2) is 4.21 Å². The number of benzene rings is 2. The number of nitrogens with one attached hydrogen (secondary N) is 1. The molecular formula is C17H17NO4S. The predicted octanol–water partition coefficient (Wildman–Crippen LogP) is 2.28. The van der Waals surface area contributed by atoms with Gasteiger partial charge in [0.25, 0.3) is 5.91 Å². The smallest absolute Gasteiger partial charge is 0.302 e. The number of hydrogen-bond donors (Lipinski definition) is 1. The van der Waals surface area contributed by atoms with Crippen molar-refractivity contribution in [1.29, 1.82) is 0 Å². The molecule has 2 aromatic carbocycles. The number of amides is 1. The van der Waals surface area contributed by atoms with E-state index in [4.69, 9.17) is 4.74 Å². The van der Waals surface area contributed by atoms with E-state index in [0.717, 1.165) is 0 Å². The summed E-state index contributed by atoms with van der Waals surface area (Å²) in [7, 11) is -0.0344. The highest BCUT2D eigenvalue weighted by atomic mass is 32.2. The van der Waals surface area contributed by atoms with Crippen LogP contribution in [0.4, 0.5) is 0 Å². The Kier molecular flexibility index (Phi) is 5.65. The SMILES string of the molecule is CNC(=O)c1ccccc1[S@@](=O)c1ccccc1COC(C)=O. The molecule has 0 saturated heterocycles. The molecule has 0 aliphatic carbocycles. The van der Waals surface area contributed by atoms with Gasteiger partial charge in [0.15, 0.2) is 0 Å². The van der Waals surface area contributed by atoms with Crippen molar-refractivity contribution in [3.8, 4) is 0 Å². The van der Waals surface area contributed by atoms with Gasteiger partial charge in [0.2, 0.25) is 0 Å². The normalized spacial score (nSPS) is 11.6. The van der Waals surface area contributed by atoms with E-state index in [9.17, 15) is 13.8 Å². The molecule has 6 heteroatoms. The second-order valence-corrected chi connectivity index (χ2v) is 6.15. The first-order chi connectivity index (χ1) is 11.0. The number of carbonyl (C=O) groups excluding carboxylic acids is 2. The van der Waals surface area contributed by atoms with Gasteiger partial charge in [0.05, 0.1) is 26.2 Å². The first-order valence-electron chi connectivity index (χ1n) is 6.98. The molecule has 0 saturated carbocycles. The minimum absolute atomic E-state index is 0.0411. The molecule has 0 aliphatic heterocycles. The van der Waals surface area contributed by atoms with Crippen LogP contribution in [0.25, 0.3) is 0 Å². The lowest BCUT2D eigenvalue weighted by molar-refractivity contribution is -0.142. The van der Waals surface area contributed by atoms with Crippen LogP contribution in [0, 0.1) is 0 Å². The van der Waals surface area contributed by atoms with Crippen LogP contribution in [0.2, 0.25) is 0 Å². The van der Waals surface area contributed by atoms with Crippen molar-refractivity contribution in [3.05, 3.63) is 59.7 Å². The summed E-state index contributed by atoms with van der Waals surface area (Å²) in [6.07, 6.45) is 0. The molecule has 1 atom stereocenters. The quantitative estimate of drug-likeness (QED) is 0.853. The predicted molar refractivity (Wildman–Crippen MR) is 86.4 cm³/mol. The third kappa shape index (κ3) is 4.04. The molecule has 0 heterocycles. The summed E-state index contributed by atoms with van der Waals surface area (Å²) in [6.45, 7) is 1.36. The fraction of sp³-hybridized carbons (Fsp3) is 0.176. The third-order valence-corrected chi connectivity index (χ3v) is 4.71. The topological polar surface area (TPSA) is 72.5 Å². The van der Waals surface area contributed by atoms with Crippen molar-refractivity contribution in [2.24, 2.45) is 0 Å². The highest BCUT2D eigenvalue weighted by Crippen LogP contribution is 2.23. The van der Waals surface area contributed by atoms with E-state index in [2.05, 4.69) is 5.32 Å². The maximum absolute atomic E-state index is 12.9. The van der Waals surface area contributed by atoms with E-state index >= 15 is 0 Å². The van der Waals surface area contributed by atoms with Gasteiger partial charge in [-0.15, -0.1) is 0 Å². The number of esters is 1. The molecule has 2 rings (SSSR count). The summed E-state index contributed by atoms with van der Waals surface area (Å²) < 4.78 is 17.9. The Labute approximate surface area is 137 Å². The molecule has 0 unspecified atom stereocenters. The first-order valence-corrected chi connectivity index (χ1v) is 8.13. The maximum atomic E-state index is 12.9. The van der Waals surface area contributed by atoms with E-state index in [1.807, 2.05) is 0 Å². The summed E-state index contributed by atoms with van der Waals surface area (Å²) in [6, 6.07) is 13.7.